The topological polar surface area (TPSA) is 52.7 Å². The average molecular weight is 434 g/mol. The van der Waals surface area contributed by atoms with E-state index < -0.39 is 0 Å². The van der Waals surface area contributed by atoms with Crippen molar-refractivity contribution in [3.05, 3.63) is 71.3 Å². The summed E-state index contributed by atoms with van der Waals surface area (Å²) in [5.74, 6) is 0.642. The Morgan fingerprint density at radius 1 is 0.906 bits per heavy atom. The van der Waals surface area contributed by atoms with Crippen molar-refractivity contribution < 1.29 is 9.59 Å². The van der Waals surface area contributed by atoms with Gasteiger partial charge in [-0.15, -0.1) is 0 Å². The third-order valence-electron chi connectivity index (χ3n) is 7.03. The molecule has 1 atom stereocenters. The van der Waals surface area contributed by atoms with Crippen LogP contribution in [0.15, 0.2) is 54.6 Å². The van der Waals surface area contributed by atoms with Crippen LogP contribution in [0, 0.1) is 5.92 Å². The summed E-state index contributed by atoms with van der Waals surface area (Å²) in [6, 6.07) is 17.9. The fourth-order valence-corrected chi connectivity index (χ4v) is 5.11. The minimum absolute atomic E-state index is 0.0951. The van der Waals surface area contributed by atoms with Crippen molar-refractivity contribution in [3.63, 3.8) is 0 Å². The third-order valence-corrected chi connectivity index (χ3v) is 7.03. The second kappa shape index (κ2) is 10.8. The van der Waals surface area contributed by atoms with Gasteiger partial charge in [-0.2, -0.15) is 0 Å². The van der Waals surface area contributed by atoms with E-state index in [-0.39, 0.29) is 17.9 Å². The van der Waals surface area contributed by atoms with E-state index in [9.17, 15) is 9.59 Å². The Balaban J connectivity index is 1.37. The lowest BCUT2D eigenvalue weighted by Gasteiger charge is -2.40. The molecular weight excluding hydrogens is 398 g/mol. The summed E-state index contributed by atoms with van der Waals surface area (Å²) in [6.45, 7) is 5.52. The summed E-state index contributed by atoms with van der Waals surface area (Å²) in [6.07, 6.45) is 5.62. The van der Waals surface area contributed by atoms with Crippen molar-refractivity contribution in [2.45, 2.75) is 51.6 Å². The van der Waals surface area contributed by atoms with Gasteiger partial charge in [0.2, 0.25) is 5.91 Å². The SMILES string of the molecule is CCc1ccc(C(=O)N2CCN(C(C(=O)NCc3ccccc3)C3CCCC3)CC2)cc1. The molecule has 2 aromatic rings. The summed E-state index contributed by atoms with van der Waals surface area (Å²) in [5.41, 5.74) is 3.12. The van der Waals surface area contributed by atoms with E-state index in [4.69, 9.17) is 0 Å². The Bertz CT molecular complexity index is 883. The molecule has 1 heterocycles. The smallest absolute Gasteiger partial charge is 0.253 e. The Morgan fingerprint density at radius 3 is 2.19 bits per heavy atom. The fraction of sp³-hybridized carbons (Fsp3) is 0.481. The molecule has 170 valence electrons. The number of benzene rings is 2. The molecule has 5 heteroatoms. The van der Waals surface area contributed by atoms with Gasteiger partial charge in [0.1, 0.15) is 0 Å². The molecule has 1 saturated carbocycles. The fourth-order valence-electron chi connectivity index (χ4n) is 5.11. The van der Waals surface area contributed by atoms with E-state index in [1.807, 2.05) is 59.5 Å². The first-order valence-corrected chi connectivity index (χ1v) is 12.1. The summed E-state index contributed by atoms with van der Waals surface area (Å²) in [4.78, 5) is 30.5. The van der Waals surface area contributed by atoms with Crippen molar-refractivity contribution in [2.24, 2.45) is 5.92 Å². The number of nitrogens with zero attached hydrogens (tertiary/aromatic N) is 2. The highest BCUT2D eigenvalue weighted by molar-refractivity contribution is 5.94. The van der Waals surface area contributed by atoms with Crippen molar-refractivity contribution in [1.29, 1.82) is 0 Å². The maximum Gasteiger partial charge on any atom is 0.253 e. The van der Waals surface area contributed by atoms with Gasteiger partial charge in [-0.05, 0) is 48.4 Å². The number of piperazine rings is 1. The van der Waals surface area contributed by atoms with Gasteiger partial charge in [0.25, 0.3) is 5.91 Å². The molecule has 2 aliphatic rings. The maximum atomic E-state index is 13.3. The Hall–Kier alpha value is -2.66. The second-order valence-corrected chi connectivity index (χ2v) is 9.07. The van der Waals surface area contributed by atoms with E-state index in [0.717, 1.165) is 43.5 Å². The number of rotatable bonds is 7. The van der Waals surface area contributed by atoms with Gasteiger partial charge in [-0.25, -0.2) is 0 Å². The standard InChI is InChI=1S/C27H35N3O2/c1-2-21-12-14-24(15-13-21)27(32)30-18-16-29(17-19-30)25(23-10-6-7-11-23)26(31)28-20-22-8-4-3-5-9-22/h3-5,8-9,12-15,23,25H,2,6-7,10-11,16-20H2,1H3,(H,28,31). The zero-order chi connectivity index (χ0) is 22.3. The summed E-state index contributed by atoms with van der Waals surface area (Å²) in [7, 11) is 0. The normalized spacial score (nSPS) is 18.5. The number of hydrogen-bond donors (Lipinski definition) is 1. The number of carbonyl (C=O) groups is 2. The molecule has 2 aromatic carbocycles. The van der Waals surface area contributed by atoms with Crippen LogP contribution >= 0.6 is 0 Å². The van der Waals surface area contributed by atoms with Crippen LogP contribution in [-0.4, -0.2) is 53.8 Å². The number of hydrogen-bond acceptors (Lipinski definition) is 3. The number of carbonyl (C=O) groups excluding carboxylic acids is 2. The van der Waals surface area contributed by atoms with Gasteiger partial charge in [-0.3, -0.25) is 14.5 Å². The molecule has 1 unspecified atom stereocenters. The molecule has 2 amide bonds. The lowest BCUT2D eigenvalue weighted by Crippen LogP contribution is -2.57. The van der Waals surface area contributed by atoms with Crippen LogP contribution in [0.4, 0.5) is 0 Å². The summed E-state index contributed by atoms with van der Waals surface area (Å²) < 4.78 is 0. The minimum Gasteiger partial charge on any atom is -0.351 e. The molecule has 2 fully saturated rings. The van der Waals surface area contributed by atoms with Gasteiger partial charge in [0, 0.05) is 38.3 Å². The molecule has 1 saturated heterocycles. The molecule has 0 radical (unpaired) electrons. The van der Waals surface area contributed by atoms with Crippen LogP contribution in [-0.2, 0) is 17.8 Å². The summed E-state index contributed by atoms with van der Waals surface area (Å²) in [5, 5.41) is 3.18. The van der Waals surface area contributed by atoms with Crippen LogP contribution < -0.4 is 5.32 Å². The monoisotopic (exact) mass is 433 g/mol. The molecule has 4 rings (SSSR count). The van der Waals surface area contributed by atoms with E-state index >= 15 is 0 Å². The van der Waals surface area contributed by atoms with Gasteiger partial charge in [0.15, 0.2) is 0 Å². The van der Waals surface area contributed by atoms with Gasteiger partial charge >= 0.3 is 0 Å². The third kappa shape index (κ3) is 5.39. The highest BCUT2D eigenvalue weighted by Gasteiger charge is 2.37. The first-order valence-electron chi connectivity index (χ1n) is 12.1. The molecule has 5 nitrogen and oxygen atoms in total. The molecule has 0 aromatic heterocycles. The molecule has 1 N–H and O–H groups in total. The minimum atomic E-state index is -0.0951. The quantitative estimate of drug-likeness (QED) is 0.721. The van der Waals surface area contributed by atoms with Crippen LogP contribution in [0.3, 0.4) is 0 Å². The van der Waals surface area contributed by atoms with E-state index in [0.29, 0.717) is 25.6 Å². The summed E-state index contributed by atoms with van der Waals surface area (Å²) >= 11 is 0. The zero-order valence-electron chi connectivity index (χ0n) is 19.1. The largest absolute Gasteiger partial charge is 0.351 e. The van der Waals surface area contributed by atoms with Crippen LogP contribution in [0.25, 0.3) is 0 Å². The number of nitrogens with one attached hydrogen (secondary N) is 1. The number of amides is 2. The first kappa shape index (κ1) is 22.5. The van der Waals surface area contributed by atoms with Crippen LogP contribution in [0.1, 0.15) is 54.1 Å². The lowest BCUT2D eigenvalue weighted by atomic mass is 9.94. The Labute approximate surface area is 191 Å². The molecule has 0 spiro atoms. The molecular formula is C27H35N3O2. The van der Waals surface area contributed by atoms with E-state index in [1.165, 1.54) is 18.4 Å². The van der Waals surface area contributed by atoms with E-state index in [2.05, 4.69) is 17.1 Å². The molecule has 1 aliphatic carbocycles. The highest BCUT2D eigenvalue weighted by Crippen LogP contribution is 2.31. The van der Waals surface area contributed by atoms with Gasteiger partial charge < -0.3 is 10.2 Å². The Morgan fingerprint density at radius 2 is 1.56 bits per heavy atom. The predicted octanol–water partition coefficient (Wildman–Crippen LogP) is 3.88. The molecule has 0 bridgehead atoms. The van der Waals surface area contributed by atoms with Crippen LogP contribution in [0.5, 0.6) is 0 Å². The van der Waals surface area contributed by atoms with E-state index in [1.54, 1.807) is 0 Å². The van der Waals surface area contributed by atoms with Gasteiger partial charge in [0.05, 0.1) is 6.04 Å². The zero-order valence-corrected chi connectivity index (χ0v) is 19.1. The highest BCUT2D eigenvalue weighted by atomic mass is 16.2. The molecule has 32 heavy (non-hydrogen) atoms. The van der Waals surface area contributed by atoms with Gasteiger partial charge in [-0.1, -0.05) is 62.2 Å². The predicted molar refractivity (Wildman–Crippen MR) is 127 cm³/mol. The number of aryl methyl sites for hydroxylation is 1. The van der Waals surface area contributed by atoms with Crippen molar-refractivity contribution >= 4 is 11.8 Å². The Kier molecular flexibility index (Phi) is 7.59. The van der Waals surface area contributed by atoms with Crippen molar-refractivity contribution in [2.75, 3.05) is 26.2 Å². The first-order chi connectivity index (χ1) is 15.7. The average Bonchev–Trinajstić information content (AvgIpc) is 3.38. The molecule has 1 aliphatic heterocycles. The van der Waals surface area contributed by atoms with Crippen molar-refractivity contribution in [1.82, 2.24) is 15.1 Å². The van der Waals surface area contributed by atoms with Crippen LogP contribution in [0.2, 0.25) is 0 Å². The van der Waals surface area contributed by atoms with Crippen molar-refractivity contribution in [3.8, 4) is 0 Å². The maximum absolute atomic E-state index is 13.3. The lowest BCUT2D eigenvalue weighted by molar-refractivity contribution is -0.129. The second-order valence-electron chi connectivity index (χ2n) is 9.07.